The minimum Gasteiger partial charge on any atom is -0.399 e. The molecule has 2 aromatic rings. The Morgan fingerprint density at radius 1 is 1.29 bits per heavy atom. The van der Waals surface area contributed by atoms with Crippen LogP contribution >= 0.6 is 11.3 Å². The SMILES string of the molecule is Nc1ccc2c(c1)N(Cc1ccsc1)CCC2. The molecule has 17 heavy (non-hydrogen) atoms. The van der Waals surface area contributed by atoms with Crippen LogP contribution in [0.15, 0.2) is 35.0 Å². The van der Waals surface area contributed by atoms with Crippen molar-refractivity contribution < 1.29 is 0 Å². The van der Waals surface area contributed by atoms with Crippen LogP contribution in [0.4, 0.5) is 11.4 Å². The minimum atomic E-state index is 0.862. The molecule has 3 heteroatoms. The summed E-state index contributed by atoms with van der Waals surface area (Å²) in [4.78, 5) is 2.44. The predicted molar refractivity (Wildman–Crippen MR) is 74.5 cm³/mol. The summed E-state index contributed by atoms with van der Waals surface area (Å²) >= 11 is 1.76. The maximum Gasteiger partial charge on any atom is 0.0437 e. The number of nitrogen functional groups attached to an aromatic ring is 1. The lowest BCUT2D eigenvalue weighted by atomic mass is 10.0. The average Bonchev–Trinajstić information content (AvgIpc) is 2.83. The van der Waals surface area contributed by atoms with E-state index in [2.05, 4.69) is 33.9 Å². The number of nitrogens with two attached hydrogens (primary N) is 1. The number of fused-ring (bicyclic) bond motifs is 1. The molecule has 0 unspecified atom stereocenters. The van der Waals surface area contributed by atoms with Crippen molar-refractivity contribution in [3.8, 4) is 0 Å². The van der Waals surface area contributed by atoms with Crippen LogP contribution in [0.5, 0.6) is 0 Å². The molecule has 0 amide bonds. The maximum atomic E-state index is 5.89. The number of nitrogens with zero attached hydrogens (tertiary/aromatic N) is 1. The molecular weight excluding hydrogens is 228 g/mol. The molecule has 1 aliphatic heterocycles. The lowest BCUT2D eigenvalue weighted by Crippen LogP contribution is -2.28. The Bertz CT molecular complexity index is 505. The van der Waals surface area contributed by atoms with Gasteiger partial charge in [-0.3, -0.25) is 0 Å². The molecule has 2 N–H and O–H groups in total. The summed E-state index contributed by atoms with van der Waals surface area (Å²) in [6, 6.07) is 8.49. The first kappa shape index (κ1) is 10.7. The van der Waals surface area contributed by atoms with E-state index >= 15 is 0 Å². The Morgan fingerprint density at radius 2 is 2.24 bits per heavy atom. The van der Waals surface area contributed by atoms with Crippen LogP contribution in [-0.2, 0) is 13.0 Å². The first-order valence-electron chi connectivity index (χ1n) is 5.97. The smallest absolute Gasteiger partial charge is 0.0437 e. The second-order valence-electron chi connectivity index (χ2n) is 4.54. The number of rotatable bonds is 2. The van der Waals surface area contributed by atoms with E-state index < -0.39 is 0 Å². The summed E-state index contributed by atoms with van der Waals surface area (Å²) in [7, 11) is 0. The fourth-order valence-electron chi connectivity index (χ4n) is 2.43. The van der Waals surface area contributed by atoms with Crippen molar-refractivity contribution in [1.29, 1.82) is 0 Å². The first-order valence-corrected chi connectivity index (χ1v) is 6.91. The molecule has 3 rings (SSSR count). The molecule has 1 aromatic heterocycles. The Labute approximate surface area is 106 Å². The van der Waals surface area contributed by atoms with Crippen molar-refractivity contribution in [2.75, 3.05) is 17.2 Å². The van der Waals surface area contributed by atoms with E-state index in [1.807, 2.05) is 6.07 Å². The van der Waals surface area contributed by atoms with Crippen molar-refractivity contribution >= 4 is 22.7 Å². The van der Waals surface area contributed by atoms with Gasteiger partial charge >= 0.3 is 0 Å². The van der Waals surface area contributed by atoms with Gasteiger partial charge in [0.1, 0.15) is 0 Å². The fourth-order valence-corrected chi connectivity index (χ4v) is 3.09. The van der Waals surface area contributed by atoms with Crippen LogP contribution < -0.4 is 10.6 Å². The monoisotopic (exact) mass is 244 g/mol. The molecule has 0 fully saturated rings. The molecule has 0 aliphatic carbocycles. The fraction of sp³-hybridized carbons (Fsp3) is 0.286. The number of anilines is 2. The largest absolute Gasteiger partial charge is 0.399 e. The molecule has 2 nitrogen and oxygen atoms in total. The van der Waals surface area contributed by atoms with Gasteiger partial charge in [0.25, 0.3) is 0 Å². The third kappa shape index (κ3) is 2.15. The van der Waals surface area contributed by atoms with Crippen LogP contribution in [0.25, 0.3) is 0 Å². The number of thiophene rings is 1. The van der Waals surface area contributed by atoms with Gasteiger partial charge in [-0.2, -0.15) is 11.3 Å². The van der Waals surface area contributed by atoms with Crippen LogP contribution in [0.2, 0.25) is 0 Å². The van der Waals surface area contributed by atoms with Crippen molar-refractivity contribution in [3.05, 3.63) is 46.2 Å². The Hall–Kier alpha value is -1.48. The standard InChI is InChI=1S/C14H16N2S/c15-13-4-3-12-2-1-6-16(14(12)8-13)9-11-5-7-17-10-11/h3-5,7-8,10H,1-2,6,9,15H2. The quantitative estimate of drug-likeness (QED) is 0.821. The number of hydrogen-bond donors (Lipinski definition) is 1. The molecule has 0 atom stereocenters. The summed E-state index contributed by atoms with van der Waals surface area (Å²) in [5, 5.41) is 4.36. The summed E-state index contributed by atoms with van der Waals surface area (Å²) in [6.45, 7) is 2.13. The van der Waals surface area contributed by atoms with Gasteiger partial charge in [0.05, 0.1) is 0 Å². The molecule has 1 aromatic carbocycles. The lowest BCUT2D eigenvalue weighted by Gasteiger charge is -2.31. The first-order chi connectivity index (χ1) is 8.33. The summed E-state index contributed by atoms with van der Waals surface area (Å²) < 4.78 is 0. The summed E-state index contributed by atoms with van der Waals surface area (Å²) in [5.74, 6) is 0. The highest BCUT2D eigenvalue weighted by Crippen LogP contribution is 2.30. The van der Waals surface area contributed by atoms with Gasteiger partial charge in [-0.15, -0.1) is 0 Å². The normalized spacial score (nSPS) is 14.7. The zero-order chi connectivity index (χ0) is 11.7. The van der Waals surface area contributed by atoms with E-state index in [-0.39, 0.29) is 0 Å². The molecule has 0 spiro atoms. The van der Waals surface area contributed by atoms with Gasteiger partial charge in [0.2, 0.25) is 0 Å². The van der Waals surface area contributed by atoms with E-state index in [1.54, 1.807) is 11.3 Å². The number of aryl methyl sites for hydroxylation is 1. The van der Waals surface area contributed by atoms with Gasteiger partial charge < -0.3 is 10.6 Å². The highest BCUT2D eigenvalue weighted by atomic mass is 32.1. The summed E-state index contributed by atoms with van der Waals surface area (Å²) in [5.41, 5.74) is 10.9. The number of hydrogen-bond acceptors (Lipinski definition) is 3. The number of benzene rings is 1. The molecule has 0 bridgehead atoms. The maximum absolute atomic E-state index is 5.89. The van der Waals surface area contributed by atoms with Gasteiger partial charge in [0, 0.05) is 24.5 Å². The molecule has 1 aliphatic rings. The Balaban J connectivity index is 1.90. The highest BCUT2D eigenvalue weighted by molar-refractivity contribution is 7.07. The molecule has 2 heterocycles. The summed E-state index contributed by atoms with van der Waals surface area (Å²) in [6.07, 6.45) is 2.41. The van der Waals surface area contributed by atoms with Gasteiger partial charge in [-0.25, -0.2) is 0 Å². The van der Waals surface area contributed by atoms with E-state index in [9.17, 15) is 0 Å². The van der Waals surface area contributed by atoms with Crippen molar-refractivity contribution in [2.45, 2.75) is 19.4 Å². The topological polar surface area (TPSA) is 29.3 Å². The lowest BCUT2D eigenvalue weighted by molar-refractivity contribution is 0.692. The van der Waals surface area contributed by atoms with Crippen LogP contribution in [0, 0.1) is 0 Å². The molecule has 0 saturated carbocycles. The highest BCUT2D eigenvalue weighted by Gasteiger charge is 2.17. The van der Waals surface area contributed by atoms with Gasteiger partial charge in [-0.1, -0.05) is 6.07 Å². The van der Waals surface area contributed by atoms with Crippen molar-refractivity contribution in [2.24, 2.45) is 0 Å². The van der Waals surface area contributed by atoms with Crippen LogP contribution in [0.3, 0.4) is 0 Å². The second-order valence-corrected chi connectivity index (χ2v) is 5.32. The van der Waals surface area contributed by atoms with Gasteiger partial charge in [0.15, 0.2) is 0 Å². The van der Waals surface area contributed by atoms with E-state index in [1.165, 1.54) is 29.7 Å². The second kappa shape index (κ2) is 4.41. The average molecular weight is 244 g/mol. The molecular formula is C14H16N2S. The third-order valence-electron chi connectivity index (χ3n) is 3.28. The van der Waals surface area contributed by atoms with Crippen molar-refractivity contribution in [1.82, 2.24) is 0 Å². The van der Waals surface area contributed by atoms with Crippen LogP contribution in [-0.4, -0.2) is 6.54 Å². The van der Waals surface area contributed by atoms with Crippen molar-refractivity contribution in [3.63, 3.8) is 0 Å². The Morgan fingerprint density at radius 3 is 3.06 bits per heavy atom. The zero-order valence-corrected chi connectivity index (χ0v) is 10.5. The van der Waals surface area contributed by atoms with E-state index in [4.69, 9.17) is 5.73 Å². The minimum absolute atomic E-state index is 0.862. The zero-order valence-electron chi connectivity index (χ0n) is 9.73. The third-order valence-corrected chi connectivity index (χ3v) is 4.01. The van der Waals surface area contributed by atoms with E-state index in [0.29, 0.717) is 0 Å². The van der Waals surface area contributed by atoms with Crippen LogP contribution in [0.1, 0.15) is 17.5 Å². The molecule has 0 radical (unpaired) electrons. The van der Waals surface area contributed by atoms with Gasteiger partial charge in [-0.05, 0) is 52.9 Å². The molecule has 88 valence electrons. The predicted octanol–water partition coefficient (Wildman–Crippen LogP) is 3.28. The Kier molecular flexibility index (Phi) is 2.77. The van der Waals surface area contributed by atoms with E-state index in [0.717, 1.165) is 18.8 Å². The molecule has 0 saturated heterocycles.